The summed E-state index contributed by atoms with van der Waals surface area (Å²) in [6.07, 6.45) is 8.15. The molecule has 1 nitrogen and oxygen atoms in total. The van der Waals surface area contributed by atoms with Gasteiger partial charge in [0.1, 0.15) is 0 Å². The van der Waals surface area contributed by atoms with Crippen LogP contribution in [0.25, 0.3) is 0 Å². The molecule has 4 saturated carbocycles. The van der Waals surface area contributed by atoms with Crippen molar-refractivity contribution in [2.24, 2.45) is 23.7 Å². The van der Waals surface area contributed by atoms with Crippen LogP contribution in [-0.2, 0) is 5.41 Å². The molecule has 0 unspecified atom stereocenters. The summed E-state index contributed by atoms with van der Waals surface area (Å²) in [6.45, 7) is 0.344. The molecular formula is C18H24O. The van der Waals surface area contributed by atoms with Gasteiger partial charge in [0.2, 0.25) is 0 Å². The van der Waals surface area contributed by atoms with Gasteiger partial charge in [-0.1, -0.05) is 30.3 Å². The predicted octanol–water partition coefficient (Wildman–Crippen LogP) is 3.76. The van der Waals surface area contributed by atoms with Crippen LogP contribution in [0.1, 0.15) is 44.1 Å². The van der Waals surface area contributed by atoms with Crippen molar-refractivity contribution in [2.45, 2.75) is 43.9 Å². The van der Waals surface area contributed by atoms with Crippen LogP contribution in [0.15, 0.2) is 30.3 Å². The molecule has 0 spiro atoms. The Hall–Kier alpha value is -0.820. The van der Waals surface area contributed by atoms with Crippen molar-refractivity contribution in [2.75, 3.05) is 6.61 Å². The van der Waals surface area contributed by atoms with Gasteiger partial charge in [0.25, 0.3) is 0 Å². The van der Waals surface area contributed by atoms with Crippen LogP contribution < -0.4 is 0 Å². The highest BCUT2D eigenvalue weighted by atomic mass is 16.3. The Balaban J connectivity index is 1.79. The molecule has 102 valence electrons. The molecule has 19 heavy (non-hydrogen) atoms. The maximum Gasteiger partial charge on any atom is 0.0439 e. The molecule has 1 N–H and O–H groups in total. The first-order valence-corrected chi connectivity index (χ1v) is 7.99. The Bertz CT molecular complexity index is 422. The topological polar surface area (TPSA) is 20.2 Å². The monoisotopic (exact) mass is 256 g/mol. The summed E-state index contributed by atoms with van der Waals surface area (Å²) in [4.78, 5) is 0. The summed E-state index contributed by atoms with van der Waals surface area (Å²) < 4.78 is 0. The number of aliphatic hydroxyl groups excluding tert-OH is 1. The minimum atomic E-state index is 0.295. The smallest absolute Gasteiger partial charge is 0.0439 e. The second-order valence-corrected chi connectivity index (χ2v) is 7.18. The average molecular weight is 256 g/mol. The van der Waals surface area contributed by atoms with Gasteiger partial charge < -0.3 is 5.11 Å². The fourth-order valence-corrected chi connectivity index (χ4v) is 5.98. The molecule has 0 aliphatic heterocycles. The van der Waals surface area contributed by atoms with Crippen LogP contribution in [0.2, 0.25) is 0 Å². The lowest BCUT2D eigenvalue weighted by Gasteiger charge is -2.62. The van der Waals surface area contributed by atoms with E-state index in [0.717, 1.165) is 30.1 Å². The van der Waals surface area contributed by atoms with E-state index >= 15 is 0 Å². The first-order chi connectivity index (χ1) is 9.33. The van der Waals surface area contributed by atoms with Crippen LogP contribution >= 0.6 is 0 Å². The minimum Gasteiger partial charge on any atom is -0.396 e. The molecule has 4 bridgehead atoms. The number of hydrogen-bond acceptors (Lipinski definition) is 1. The summed E-state index contributed by atoms with van der Waals surface area (Å²) in [5.74, 6) is 3.66. The van der Waals surface area contributed by atoms with Crippen LogP contribution in [0.4, 0.5) is 0 Å². The number of rotatable bonds is 3. The molecule has 4 fully saturated rings. The summed E-state index contributed by atoms with van der Waals surface area (Å²) in [7, 11) is 0. The van der Waals surface area contributed by atoms with Crippen LogP contribution in [-0.4, -0.2) is 11.7 Å². The highest BCUT2D eigenvalue weighted by molar-refractivity contribution is 5.31. The zero-order valence-electron chi connectivity index (χ0n) is 11.6. The third kappa shape index (κ3) is 1.64. The zero-order chi connectivity index (χ0) is 12.9. The molecule has 0 amide bonds. The molecule has 0 saturated heterocycles. The van der Waals surface area contributed by atoms with E-state index in [1.54, 1.807) is 0 Å². The van der Waals surface area contributed by atoms with Crippen molar-refractivity contribution < 1.29 is 5.11 Å². The van der Waals surface area contributed by atoms with Gasteiger partial charge in [-0.15, -0.1) is 0 Å². The van der Waals surface area contributed by atoms with Crippen molar-refractivity contribution in [3.05, 3.63) is 35.9 Å². The van der Waals surface area contributed by atoms with Gasteiger partial charge in [-0.2, -0.15) is 0 Å². The molecule has 1 aromatic rings. The van der Waals surface area contributed by atoms with Crippen molar-refractivity contribution in [3.63, 3.8) is 0 Å². The highest BCUT2D eigenvalue weighted by Crippen LogP contribution is 2.63. The highest BCUT2D eigenvalue weighted by Gasteiger charge is 2.57. The van der Waals surface area contributed by atoms with Gasteiger partial charge >= 0.3 is 0 Å². The largest absolute Gasteiger partial charge is 0.396 e. The Labute approximate surface area is 116 Å². The maximum absolute atomic E-state index is 9.68. The van der Waals surface area contributed by atoms with Gasteiger partial charge in [-0.05, 0) is 67.8 Å². The molecule has 0 radical (unpaired) electrons. The van der Waals surface area contributed by atoms with Gasteiger partial charge in [0.05, 0.1) is 0 Å². The van der Waals surface area contributed by atoms with E-state index in [0.29, 0.717) is 12.0 Å². The third-order valence-corrected chi connectivity index (χ3v) is 6.43. The molecule has 0 aromatic heterocycles. The quantitative estimate of drug-likeness (QED) is 0.873. The minimum absolute atomic E-state index is 0.295. The van der Waals surface area contributed by atoms with Gasteiger partial charge in [0, 0.05) is 12.0 Å². The van der Waals surface area contributed by atoms with Crippen molar-refractivity contribution in [3.8, 4) is 0 Å². The van der Waals surface area contributed by atoms with Gasteiger partial charge in [-0.25, -0.2) is 0 Å². The van der Waals surface area contributed by atoms with E-state index in [4.69, 9.17) is 0 Å². The molecular weight excluding hydrogens is 232 g/mol. The standard InChI is InChI=1S/C18H24O/c19-7-6-18(15-4-2-1-3-5-15)16-9-13-8-14(11-16)12-17(18)10-13/h1-5,13-14,16-17,19H,6-12H2. The fraction of sp³-hybridized carbons (Fsp3) is 0.667. The van der Waals surface area contributed by atoms with Crippen molar-refractivity contribution in [1.29, 1.82) is 0 Å². The fourth-order valence-electron chi connectivity index (χ4n) is 5.98. The summed E-state index contributed by atoms with van der Waals surface area (Å²) >= 11 is 0. The van der Waals surface area contributed by atoms with Gasteiger partial charge in [-0.3, -0.25) is 0 Å². The van der Waals surface area contributed by atoms with Gasteiger partial charge in [0.15, 0.2) is 0 Å². The van der Waals surface area contributed by atoms with Crippen molar-refractivity contribution in [1.82, 2.24) is 0 Å². The van der Waals surface area contributed by atoms with E-state index < -0.39 is 0 Å². The molecule has 0 heterocycles. The Morgan fingerprint density at radius 2 is 1.47 bits per heavy atom. The molecule has 4 aliphatic carbocycles. The molecule has 4 aliphatic rings. The van der Waals surface area contributed by atoms with E-state index in [2.05, 4.69) is 30.3 Å². The molecule has 1 heteroatoms. The second kappa shape index (κ2) is 4.34. The average Bonchev–Trinajstić information content (AvgIpc) is 2.43. The first kappa shape index (κ1) is 12.0. The van der Waals surface area contributed by atoms with Crippen LogP contribution in [0.3, 0.4) is 0 Å². The number of hydrogen-bond donors (Lipinski definition) is 1. The molecule has 0 atom stereocenters. The second-order valence-electron chi connectivity index (χ2n) is 7.18. The van der Waals surface area contributed by atoms with E-state index in [1.807, 2.05) is 0 Å². The Morgan fingerprint density at radius 3 is 2.00 bits per heavy atom. The first-order valence-electron chi connectivity index (χ1n) is 7.99. The Kier molecular flexibility index (Phi) is 2.73. The van der Waals surface area contributed by atoms with Crippen LogP contribution in [0, 0.1) is 23.7 Å². The Morgan fingerprint density at radius 1 is 0.895 bits per heavy atom. The SMILES string of the molecule is OCCC1(c2ccccc2)C2CC3CC(C2)CC1C3. The van der Waals surface area contributed by atoms with E-state index in [1.165, 1.54) is 37.7 Å². The normalized spacial score (nSPS) is 43.6. The molecule has 1 aromatic carbocycles. The van der Waals surface area contributed by atoms with Crippen molar-refractivity contribution >= 4 is 0 Å². The summed E-state index contributed by atoms with van der Waals surface area (Å²) in [5.41, 5.74) is 1.81. The lowest BCUT2D eigenvalue weighted by Crippen LogP contribution is -2.55. The van der Waals surface area contributed by atoms with Crippen LogP contribution in [0.5, 0.6) is 0 Å². The number of benzene rings is 1. The van der Waals surface area contributed by atoms with E-state index in [9.17, 15) is 5.11 Å². The van der Waals surface area contributed by atoms with E-state index in [-0.39, 0.29) is 0 Å². The summed E-state index contributed by atoms with van der Waals surface area (Å²) in [5, 5.41) is 9.68. The molecule has 5 rings (SSSR count). The maximum atomic E-state index is 9.68. The summed E-state index contributed by atoms with van der Waals surface area (Å²) in [6, 6.07) is 11.1. The lowest BCUT2D eigenvalue weighted by atomic mass is 9.43. The zero-order valence-corrected chi connectivity index (χ0v) is 11.6. The number of aliphatic hydroxyl groups is 1. The lowest BCUT2D eigenvalue weighted by molar-refractivity contribution is -0.0702. The third-order valence-electron chi connectivity index (χ3n) is 6.43. The predicted molar refractivity (Wildman–Crippen MR) is 76.9 cm³/mol.